The van der Waals surface area contributed by atoms with E-state index in [-0.39, 0.29) is 0 Å². The van der Waals surface area contributed by atoms with Crippen LogP contribution < -0.4 is 0 Å². The van der Waals surface area contributed by atoms with Gasteiger partial charge < -0.3 is 4.90 Å². The fourth-order valence-corrected chi connectivity index (χ4v) is 2.89. The molecule has 24 heavy (non-hydrogen) atoms. The largest absolute Gasteiger partial charge is 0.306 e. The predicted octanol–water partition coefficient (Wildman–Crippen LogP) is 7.31. The molecule has 0 aromatic carbocycles. The maximum atomic E-state index is 2.51. The smallest absolute Gasteiger partial charge is 0.00188 e. The molecule has 0 heterocycles. The normalized spacial score (nSPS) is 13.9. The molecule has 0 saturated carbocycles. The van der Waals surface area contributed by atoms with Crippen LogP contribution in [0.1, 0.15) is 92.4 Å². The Balaban J connectivity index is 4.42. The monoisotopic (exact) mass is 333 g/mol. The summed E-state index contributed by atoms with van der Waals surface area (Å²) in [5.74, 6) is 0. The number of nitrogens with zero attached hydrogens (tertiary/aromatic N) is 1. The van der Waals surface area contributed by atoms with Crippen LogP contribution in [-0.2, 0) is 0 Å². The third-order valence-electron chi connectivity index (χ3n) is 4.89. The standard InChI is InChI=1S/C23H43N/c1-7-11-12-13-14-19-24(6)20-18-23(21(5)9-3)17-16-22(10-4)15-8-2/h10,16-17H,7-9,11-15,18-20H2,1-6H3/b17-16-,22-10+,23-21-. The number of unbranched alkanes of at least 4 members (excludes halogenated alkanes) is 4. The van der Waals surface area contributed by atoms with E-state index in [1.54, 1.807) is 0 Å². The third kappa shape index (κ3) is 11.7. The highest BCUT2D eigenvalue weighted by Crippen LogP contribution is 2.17. The molecule has 0 bridgehead atoms. The SMILES string of the molecule is C/C=C(/C=C\C(CCN(C)CCCCCCC)=C(/C)CC)CCC. The van der Waals surface area contributed by atoms with Crippen LogP contribution in [0.25, 0.3) is 0 Å². The van der Waals surface area contributed by atoms with Crippen molar-refractivity contribution in [3.8, 4) is 0 Å². The van der Waals surface area contributed by atoms with Crippen LogP contribution in [0.5, 0.6) is 0 Å². The average molecular weight is 334 g/mol. The third-order valence-corrected chi connectivity index (χ3v) is 4.89. The van der Waals surface area contributed by atoms with Gasteiger partial charge in [-0.3, -0.25) is 0 Å². The Morgan fingerprint density at radius 1 is 0.833 bits per heavy atom. The molecule has 0 atom stereocenters. The first-order valence-corrected chi connectivity index (χ1v) is 10.3. The van der Waals surface area contributed by atoms with E-state index in [0.717, 1.165) is 6.42 Å². The van der Waals surface area contributed by atoms with E-state index in [0.29, 0.717) is 0 Å². The summed E-state index contributed by atoms with van der Waals surface area (Å²) in [6, 6.07) is 0. The van der Waals surface area contributed by atoms with Gasteiger partial charge in [-0.2, -0.15) is 0 Å². The molecule has 0 aliphatic rings. The number of hydrogen-bond donors (Lipinski definition) is 0. The van der Waals surface area contributed by atoms with Crippen LogP contribution in [0.3, 0.4) is 0 Å². The van der Waals surface area contributed by atoms with Gasteiger partial charge >= 0.3 is 0 Å². The highest BCUT2D eigenvalue weighted by molar-refractivity contribution is 5.30. The van der Waals surface area contributed by atoms with Crippen molar-refractivity contribution in [1.82, 2.24) is 4.90 Å². The first-order valence-electron chi connectivity index (χ1n) is 10.3. The minimum atomic E-state index is 1.15. The van der Waals surface area contributed by atoms with Crippen molar-refractivity contribution in [2.45, 2.75) is 92.4 Å². The quantitative estimate of drug-likeness (QED) is 0.238. The lowest BCUT2D eigenvalue weighted by Gasteiger charge is -2.18. The molecular formula is C23H43N. The highest BCUT2D eigenvalue weighted by atomic mass is 15.1. The Morgan fingerprint density at radius 2 is 1.54 bits per heavy atom. The Morgan fingerprint density at radius 3 is 2.12 bits per heavy atom. The van der Waals surface area contributed by atoms with Crippen molar-refractivity contribution < 1.29 is 0 Å². The Hall–Kier alpha value is -0.820. The molecule has 0 fully saturated rings. The van der Waals surface area contributed by atoms with E-state index in [9.17, 15) is 0 Å². The van der Waals surface area contributed by atoms with Crippen molar-refractivity contribution in [3.05, 3.63) is 34.9 Å². The van der Waals surface area contributed by atoms with Gasteiger partial charge in [0.1, 0.15) is 0 Å². The molecule has 0 amide bonds. The topological polar surface area (TPSA) is 3.24 Å². The van der Waals surface area contributed by atoms with E-state index >= 15 is 0 Å². The van der Waals surface area contributed by atoms with E-state index in [1.807, 2.05) is 0 Å². The van der Waals surface area contributed by atoms with Crippen LogP contribution in [0.15, 0.2) is 34.9 Å². The van der Waals surface area contributed by atoms with E-state index in [4.69, 9.17) is 0 Å². The van der Waals surface area contributed by atoms with Crippen molar-refractivity contribution in [3.63, 3.8) is 0 Å². The molecule has 140 valence electrons. The average Bonchev–Trinajstić information content (AvgIpc) is 2.59. The van der Waals surface area contributed by atoms with Crippen molar-refractivity contribution in [2.24, 2.45) is 0 Å². The zero-order valence-electron chi connectivity index (χ0n) is 17.5. The van der Waals surface area contributed by atoms with E-state index in [1.165, 1.54) is 81.2 Å². The lowest BCUT2D eigenvalue weighted by Crippen LogP contribution is -2.21. The molecule has 0 aliphatic carbocycles. The summed E-state index contributed by atoms with van der Waals surface area (Å²) in [5.41, 5.74) is 4.53. The molecule has 0 aliphatic heterocycles. The van der Waals surface area contributed by atoms with Gasteiger partial charge in [-0.15, -0.1) is 0 Å². The van der Waals surface area contributed by atoms with Crippen molar-refractivity contribution in [1.29, 1.82) is 0 Å². The Labute approximate surface area is 152 Å². The second kappa shape index (κ2) is 15.7. The molecule has 1 heteroatoms. The zero-order chi connectivity index (χ0) is 18.2. The lowest BCUT2D eigenvalue weighted by molar-refractivity contribution is 0.328. The van der Waals surface area contributed by atoms with Gasteiger partial charge in [0.25, 0.3) is 0 Å². The molecule has 0 unspecified atom stereocenters. The second-order valence-corrected chi connectivity index (χ2v) is 7.07. The summed E-state index contributed by atoms with van der Waals surface area (Å²) in [6.07, 6.45) is 18.5. The van der Waals surface area contributed by atoms with E-state index < -0.39 is 0 Å². The zero-order valence-corrected chi connectivity index (χ0v) is 17.5. The van der Waals surface area contributed by atoms with Crippen LogP contribution in [0.4, 0.5) is 0 Å². The second-order valence-electron chi connectivity index (χ2n) is 7.07. The molecule has 0 radical (unpaired) electrons. The van der Waals surface area contributed by atoms with Gasteiger partial charge in [-0.1, -0.05) is 82.2 Å². The maximum absolute atomic E-state index is 2.51. The summed E-state index contributed by atoms with van der Waals surface area (Å²) in [6.45, 7) is 13.6. The molecule has 0 aromatic heterocycles. The predicted molar refractivity (Wildman–Crippen MR) is 112 cm³/mol. The molecule has 0 saturated heterocycles. The van der Waals surface area contributed by atoms with Crippen molar-refractivity contribution in [2.75, 3.05) is 20.1 Å². The summed E-state index contributed by atoms with van der Waals surface area (Å²) >= 11 is 0. The number of allylic oxidation sites excluding steroid dienone is 5. The van der Waals surface area contributed by atoms with Gasteiger partial charge in [-0.25, -0.2) is 0 Å². The molecule has 0 N–H and O–H groups in total. The number of hydrogen-bond acceptors (Lipinski definition) is 1. The van der Waals surface area contributed by atoms with Crippen molar-refractivity contribution >= 4 is 0 Å². The van der Waals surface area contributed by atoms with Crippen LogP contribution in [0, 0.1) is 0 Å². The fourth-order valence-electron chi connectivity index (χ4n) is 2.89. The summed E-state index contributed by atoms with van der Waals surface area (Å²) in [5, 5.41) is 0. The fraction of sp³-hybridized carbons (Fsp3) is 0.739. The lowest BCUT2D eigenvalue weighted by atomic mass is 10.0. The molecule has 0 rings (SSSR count). The van der Waals surface area contributed by atoms with Crippen LogP contribution in [-0.4, -0.2) is 25.0 Å². The molecule has 1 nitrogen and oxygen atoms in total. The summed E-state index contributed by atoms with van der Waals surface area (Å²) in [4.78, 5) is 2.51. The highest BCUT2D eigenvalue weighted by Gasteiger charge is 2.03. The van der Waals surface area contributed by atoms with Crippen LogP contribution >= 0.6 is 0 Å². The van der Waals surface area contributed by atoms with Crippen LogP contribution in [0.2, 0.25) is 0 Å². The van der Waals surface area contributed by atoms with Gasteiger partial charge in [0.05, 0.1) is 0 Å². The van der Waals surface area contributed by atoms with Gasteiger partial charge in [0.15, 0.2) is 0 Å². The van der Waals surface area contributed by atoms with E-state index in [2.05, 4.69) is 64.8 Å². The van der Waals surface area contributed by atoms with Gasteiger partial charge in [0.2, 0.25) is 0 Å². The van der Waals surface area contributed by atoms with Gasteiger partial charge in [0, 0.05) is 6.54 Å². The first-order chi connectivity index (χ1) is 11.6. The maximum Gasteiger partial charge on any atom is 0.00188 e. The summed E-state index contributed by atoms with van der Waals surface area (Å²) in [7, 11) is 2.27. The van der Waals surface area contributed by atoms with Gasteiger partial charge in [-0.05, 0) is 58.7 Å². The minimum Gasteiger partial charge on any atom is -0.306 e. The Bertz CT molecular complexity index is 387. The molecular weight excluding hydrogens is 290 g/mol. The molecule has 0 aromatic rings. The summed E-state index contributed by atoms with van der Waals surface area (Å²) < 4.78 is 0. The number of rotatable bonds is 14. The first kappa shape index (κ1) is 23.2. The Kier molecular flexibility index (Phi) is 15.2. The minimum absolute atomic E-state index is 1.15. The molecule has 0 spiro atoms.